The number of H-pyrrole nitrogens is 2. The molecule has 6 atom stereocenters. The number of primary amides is 1. The number of aromatic amines is 2. The molecule has 1 aliphatic heterocycles. The molecule has 3 aromatic carbocycles. The van der Waals surface area contributed by atoms with Crippen LogP contribution in [0.4, 0.5) is 0 Å². The van der Waals surface area contributed by atoms with Gasteiger partial charge in [0.15, 0.2) is 0 Å². The highest BCUT2D eigenvalue weighted by molar-refractivity contribution is 7.98. The van der Waals surface area contributed by atoms with E-state index in [9.17, 15) is 28.8 Å². The molecule has 0 aliphatic carbocycles. The van der Waals surface area contributed by atoms with Crippen LogP contribution < -0.4 is 32.3 Å². The Labute approximate surface area is 384 Å². The fourth-order valence-corrected chi connectivity index (χ4v) is 8.95. The van der Waals surface area contributed by atoms with Gasteiger partial charge in [0, 0.05) is 60.5 Å². The monoisotopic (exact) mass is 905 g/mol. The molecule has 2 aromatic heterocycles. The van der Waals surface area contributed by atoms with Crippen molar-refractivity contribution in [1.29, 1.82) is 0 Å². The van der Waals surface area contributed by atoms with Crippen LogP contribution in [-0.4, -0.2) is 112 Å². The van der Waals surface area contributed by atoms with Crippen molar-refractivity contribution in [2.75, 3.05) is 25.6 Å². The van der Waals surface area contributed by atoms with Gasteiger partial charge >= 0.3 is 0 Å². The maximum absolute atomic E-state index is 15.0. The van der Waals surface area contributed by atoms with Crippen molar-refractivity contribution in [3.8, 4) is 0 Å². The van der Waals surface area contributed by atoms with E-state index < -0.39 is 65.8 Å². The van der Waals surface area contributed by atoms with E-state index >= 15 is 0 Å². The number of nitrogens with two attached hydrogens (primary N) is 1. The van der Waals surface area contributed by atoms with Crippen LogP contribution in [0.5, 0.6) is 0 Å². The maximum Gasteiger partial charge on any atom is 0.245 e. The lowest BCUT2D eigenvalue weighted by atomic mass is 9.98. The van der Waals surface area contributed by atoms with E-state index in [2.05, 4.69) is 36.6 Å². The number of likely N-dealkylation sites (N-methyl/N-ethyl adjacent to an activating group) is 1. The van der Waals surface area contributed by atoms with Crippen molar-refractivity contribution in [2.45, 2.75) is 101 Å². The standard InChI is InChI=1S/C49H63N9O6S/c1-30(2)24-40(46(61)54-38(44(50)59)21-23-65-4)55-47(62)41(26-32-28-52-36-18-10-8-16-34(32)36)56-48(63)43(25-31-14-6-5-7-15-31)58(3)49(64)42(57-45(60)39-20-12-13-22-51-39)27-33-29-53-37-19-11-9-17-35(33)37/h5-11,14-19,28-30,38-43,51-53H,12-13,20-27H2,1-4H3,(H2,50,59)(H,54,61)(H,55,62)(H,56,63)(H,57,60)/t38-,39-,40-,41+,42+,43-/m0/s1. The van der Waals surface area contributed by atoms with E-state index in [0.29, 0.717) is 25.1 Å². The minimum absolute atomic E-state index is 0.0348. The number of aromatic nitrogens is 2. The van der Waals surface area contributed by atoms with Gasteiger partial charge in [0.2, 0.25) is 35.4 Å². The summed E-state index contributed by atoms with van der Waals surface area (Å²) >= 11 is 1.51. The molecule has 3 heterocycles. The first kappa shape index (κ1) is 48.3. The molecule has 15 nitrogen and oxygen atoms in total. The fourth-order valence-electron chi connectivity index (χ4n) is 8.48. The second-order valence-electron chi connectivity index (χ2n) is 17.3. The molecule has 1 aliphatic rings. The SMILES string of the molecule is CSCC[C@H](NC(=O)[C@H](CC(C)C)NC(=O)[C@@H](Cc1c[nH]c2ccccc12)NC(=O)[C@H](Cc1ccccc1)N(C)C(=O)[C@@H](Cc1c[nH]c2ccccc12)NC(=O)[C@@H]1CCCCN1)C(N)=O. The molecule has 346 valence electrons. The molecule has 1 saturated heterocycles. The second kappa shape index (κ2) is 23.2. The molecule has 9 N–H and O–H groups in total. The summed E-state index contributed by atoms with van der Waals surface area (Å²) in [6, 6.07) is 18.8. The summed E-state index contributed by atoms with van der Waals surface area (Å²) in [4.78, 5) is 92.4. The quantitative estimate of drug-likeness (QED) is 0.0508. The summed E-state index contributed by atoms with van der Waals surface area (Å²) in [6.07, 6.45) is 8.85. The number of fused-ring (bicyclic) bond motifs is 2. The van der Waals surface area contributed by atoms with E-state index in [0.717, 1.165) is 51.3 Å². The number of para-hydroxylation sites is 2. The highest BCUT2D eigenvalue weighted by Crippen LogP contribution is 2.23. The number of hydrogen-bond donors (Lipinski definition) is 8. The van der Waals surface area contributed by atoms with Gasteiger partial charge in [0.25, 0.3) is 0 Å². The van der Waals surface area contributed by atoms with Crippen LogP contribution in [-0.2, 0) is 48.0 Å². The summed E-state index contributed by atoms with van der Waals surface area (Å²) < 4.78 is 0. The molecule has 65 heavy (non-hydrogen) atoms. The van der Waals surface area contributed by atoms with Crippen molar-refractivity contribution < 1.29 is 28.8 Å². The normalized spacial score (nSPS) is 16.2. The number of rotatable bonds is 22. The van der Waals surface area contributed by atoms with E-state index in [-0.39, 0.29) is 37.5 Å². The van der Waals surface area contributed by atoms with Crippen molar-refractivity contribution in [3.05, 3.63) is 108 Å². The van der Waals surface area contributed by atoms with Gasteiger partial charge < -0.3 is 47.2 Å². The molecular formula is C49H63N9O6S. The average molecular weight is 906 g/mol. The number of piperidine rings is 1. The number of hydrogen-bond acceptors (Lipinski definition) is 8. The Bertz CT molecular complexity index is 2410. The van der Waals surface area contributed by atoms with Gasteiger partial charge in [-0.15, -0.1) is 0 Å². The van der Waals surface area contributed by atoms with Gasteiger partial charge in [-0.3, -0.25) is 28.8 Å². The smallest absolute Gasteiger partial charge is 0.245 e. The molecule has 6 rings (SSSR count). The molecule has 5 aromatic rings. The highest BCUT2D eigenvalue weighted by atomic mass is 32.2. The Balaban J connectivity index is 1.32. The first-order chi connectivity index (χ1) is 31.3. The number of nitrogens with one attached hydrogen (secondary N) is 7. The molecule has 0 radical (unpaired) electrons. The minimum atomic E-state index is -1.21. The number of carbonyl (C=O) groups is 6. The summed E-state index contributed by atoms with van der Waals surface area (Å²) in [7, 11) is 1.55. The van der Waals surface area contributed by atoms with Crippen molar-refractivity contribution in [2.24, 2.45) is 11.7 Å². The summed E-state index contributed by atoms with van der Waals surface area (Å²) in [6.45, 7) is 4.52. The summed E-state index contributed by atoms with van der Waals surface area (Å²) in [5.74, 6) is -2.69. The predicted molar refractivity (Wildman–Crippen MR) is 256 cm³/mol. The van der Waals surface area contributed by atoms with Crippen LogP contribution in [0.15, 0.2) is 91.3 Å². The molecule has 0 saturated carbocycles. The first-order valence-electron chi connectivity index (χ1n) is 22.5. The van der Waals surface area contributed by atoms with Crippen molar-refractivity contribution >= 4 is 69.0 Å². The Hall–Kier alpha value is -6.13. The Kier molecular flexibility index (Phi) is 17.2. The lowest BCUT2D eigenvalue weighted by molar-refractivity contribution is -0.143. The maximum atomic E-state index is 15.0. The van der Waals surface area contributed by atoms with Crippen LogP contribution in [0.2, 0.25) is 0 Å². The number of benzene rings is 3. The molecule has 0 spiro atoms. The van der Waals surface area contributed by atoms with Crippen LogP contribution in [0, 0.1) is 5.92 Å². The highest BCUT2D eigenvalue weighted by Gasteiger charge is 2.37. The minimum Gasteiger partial charge on any atom is -0.368 e. The lowest BCUT2D eigenvalue weighted by Gasteiger charge is -2.33. The summed E-state index contributed by atoms with van der Waals surface area (Å²) in [5.41, 5.74) is 9.74. The predicted octanol–water partition coefficient (Wildman–Crippen LogP) is 3.87. The van der Waals surface area contributed by atoms with Gasteiger partial charge in [-0.25, -0.2) is 0 Å². The zero-order valence-corrected chi connectivity index (χ0v) is 38.5. The van der Waals surface area contributed by atoms with E-state index in [1.165, 1.54) is 16.7 Å². The topological polar surface area (TPSA) is 223 Å². The third-order valence-electron chi connectivity index (χ3n) is 12.1. The Morgan fingerprint density at radius 2 is 1.28 bits per heavy atom. The zero-order chi connectivity index (χ0) is 46.5. The van der Waals surface area contributed by atoms with E-state index in [4.69, 9.17) is 5.73 Å². The van der Waals surface area contributed by atoms with Crippen LogP contribution >= 0.6 is 11.8 Å². The number of thioether (sulfide) groups is 1. The van der Waals surface area contributed by atoms with Crippen LogP contribution in [0.1, 0.15) is 62.6 Å². The average Bonchev–Trinajstić information content (AvgIpc) is 3.92. The number of amides is 6. The second-order valence-corrected chi connectivity index (χ2v) is 18.3. The third kappa shape index (κ3) is 13.0. The van der Waals surface area contributed by atoms with Gasteiger partial charge in [0.05, 0.1) is 6.04 Å². The molecule has 6 amide bonds. The Morgan fingerprint density at radius 3 is 1.86 bits per heavy atom. The molecule has 16 heteroatoms. The van der Waals surface area contributed by atoms with Crippen molar-refractivity contribution in [1.82, 2.24) is 41.5 Å². The molecule has 1 fully saturated rings. The van der Waals surface area contributed by atoms with Crippen LogP contribution in [0.25, 0.3) is 21.8 Å². The van der Waals surface area contributed by atoms with Crippen LogP contribution in [0.3, 0.4) is 0 Å². The number of carbonyl (C=O) groups excluding carboxylic acids is 6. The fraction of sp³-hybridized carbons (Fsp3) is 0.429. The molecular weight excluding hydrogens is 843 g/mol. The third-order valence-corrected chi connectivity index (χ3v) is 12.7. The molecule has 0 bridgehead atoms. The number of nitrogens with zero attached hydrogens (tertiary/aromatic N) is 1. The van der Waals surface area contributed by atoms with E-state index in [1.54, 1.807) is 13.2 Å². The zero-order valence-electron chi connectivity index (χ0n) is 37.7. The Morgan fingerprint density at radius 1 is 0.708 bits per heavy atom. The summed E-state index contributed by atoms with van der Waals surface area (Å²) in [5, 5.41) is 16.7. The van der Waals surface area contributed by atoms with Gasteiger partial charge in [-0.05, 0) is 79.0 Å². The largest absolute Gasteiger partial charge is 0.368 e. The lowest BCUT2D eigenvalue weighted by Crippen LogP contribution is -2.61. The first-order valence-corrected chi connectivity index (χ1v) is 23.9. The van der Waals surface area contributed by atoms with Gasteiger partial charge in [-0.2, -0.15) is 11.8 Å². The van der Waals surface area contributed by atoms with Gasteiger partial charge in [0.1, 0.15) is 30.2 Å². The molecule has 0 unspecified atom stereocenters. The van der Waals surface area contributed by atoms with Crippen molar-refractivity contribution in [3.63, 3.8) is 0 Å². The van der Waals surface area contributed by atoms with Gasteiger partial charge in [-0.1, -0.05) is 87.0 Å². The van der Waals surface area contributed by atoms with E-state index in [1.807, 2.05) is 105 Å².